The van der Waals surface area contributed by atoms with Crippen molar-refractivity contribution >= 4 is 51.4 Å². The Balaban J connectivity index is 1.73. The second-order valence-electron chi connectivity index (χ2n) is 4.44. The minimum atomic E-state index is -0.129. The van der Waals surface area contributed by atoms with Crippen LogP contribution in [-0.2, 0) is 10.5 Å². The van der Waals surface area contributed by atoms with Crippen molar-refractivity contribution in [2.75, 3.05) is 5.75 Å². The number of carbonyl (C=O) groups is 1. The lowest BCUT2D eigenvalue weighted by Crippen LogP contribution is -2.19. The minimum absolute atomic E-state index is 0.129. The van der Waals surface area contributed by atoms with Crippen molar-refractivity contribution in [2.24, 2.45) is 5.10 Å². The molecule has 6 heteroatoms. The van der Waals surface area contributed by atoms with Gasteiger partial charge in [0.05, 0.1) is 12.0 Å². The van der Waals surface area contributed by atoms with Crippen molar-refractivity contribution in [1.82, 2.24) is 5.43 Å². The summed E-state index contributed by atoms with van der Waals surface area (Å²) in [4.78, 5) is 11.7. The van der Waals surface area contributed by atoms with Gasteiger partial charge in [-0.2, -0.15) is 5.10 Å². The van der Waals surface area contributed by atoms with E-state index in [9.17, 15) is 4.79 Å². The number of hydrogen-bond acceptors (Lipinski definition) is 3. The van der Waals surface area contributed by atoms with E-state index < -0.39 is 0 Å². The van der Waals surface area contributed by atoms with Gasteiger partial charge in [0.2, 0.25) is 5.91 Å². The average molecular weight is 398 g/mol. The Morgan fingerprint density at radius 1 is 1.27 bits per heavy atom. The average Bonchev–Trinajstić information content (AvgIpc) is 2.49. The van der Waals surface area contributed by atoms with Crippen molar-refractivity contribution in [3.63, 3.8) is 0 Å². The predicted molar refractivity (Wildman–Crippen MR) is 97.5 cm³/mol. The van der Waals surface area contributed by atoms with E-state index in [-0.39, 0.29) is 5.91 Å². The molecule has 0 fully saturated rings. The van der Waals surface area contributed by atoms with Gasteiger partial charge in [-0.15, -0.1) is 11.8 Å². The van der Waals surface area contributed by atoms with Crippen molar-refractivity contribution in [3.05, 3.63) is 69.2 Å². The Bertz CT molecular complexity index is 679. The number of halogens is 2. The Morgan fingerprint density at radius 2 is 2.09 bits per heavy atom. The maximum atomic E-state index is 11.7. The van der Waals surface area contributed by atoms with E-state index in [2.05, 4.69) is 26.5 Å². The summed E-state index contributed by atoms with van der Waals surface area (Å²) in [6.45, 7) is 0. The standard InChI is InChI=1S/C16H14BrClN2OS/c17-15-7-2-1-5-13(15)9-19-20-16(21)11-22-10-12-4-3-6-14(18)8-12/h1-9H,10-11H2,(H,20,21)/b19-9+. The number of nitrogens with one attached hydrogen (secondary N) is 1. The van der Waals surface area contributed by atoms with Gasteiger partial charge in [-0.3, -0.25) is 4.79 Å². The van der Waals surface area contributed by atoms with Crippen LogP contribution in [0.1, 0.15) is 11.1 Å². The third-order valence-corrected chi connectivity index (χ3v) is 4.65. The van der Waals surface area contributed by atoms with Gasteiger partial charge < -0.3 is 0 Å². The first kappa shape index (κ1) is 17.1. The molecule has 2 aromatic rings. The first-order valence-electron chi connectivity index (χ1n) is 6.54. The van der Waals surface area contributed by atoms with Gasteiger partial charge in [-0.25, -0.2) is 5.43 Å². The van der Waals surface area contributed by atoms with Gasteiger partial charge in [0, 0.05) is 20.8 Å². The molecule has 1 amide bonds. The van der Waals surface area contributed by atoms with Crippen LogP contribution in [0, 0.1) is 0 Å². The van der Waals surface area contributed by atoms with E-state index in [4.69, 9.17) is 11.6 Å². The number of thioether (sulfide) groups is 1. The molecule has 0 aliphatic heterocycles. The molecular formula is C16H14BrClN2OS. The molecule has 2 aromatic carbocycles. The number of amides is 1. The Hall–Kier alpha value is -1.30. The van der Waals surface area contributed by atoms with E-state index in [1.165, 1.54) is 11.8 Å². The van der Waals surface area contributed by atoms with Gasteiger partial charge in [-0.05, 0) is 23.8 Å². The van der Waals surface area contributed by atoms with E-state index in [1.54, 1.807) is 6.21 Å². The fraction of sp³-hybridized carbons (Fsp3) is 0.125. The van der Waals surface area contributed by atoms with Crippen molar-refractivity contribution < 1.29 is 4.79 Å². The van der Waals surface area contributed by atoms with Crippen molar-refractivity contribution in [1.29, 1.82) is 0 Å². The molecule has 0 saturated heterocycles. The molecule has 0 unspecified atom stereocenters. The van der Waals surface area contributed by atoms with Gasteiger partial charge in [0.1, 0.15) is 0 Å². The summed E-state index contributed by atoms with van der Waals surface area (Å²) in [6, 6.07) is 15.3. The van der Waals surface area contributed by atoms with Crippen LogP contribution in [0.2, 0.25) is 5.02 Å². The number of carbonyl (C=O) groups excluding carboxylic acids is 1. The van der Waals surface area contributed by atoms with Crippen LogP contribution >= 0.6 is 39.3 Å². The van der Waals surface area contributed by atoms with E-state index in [0.29, 0.717) is 10.8 Å². The molecule has 0 radical (unpaired) electrons. The van der Waals surface area contributed by atoms with Crippen LogP contribution in [0.3, 0.4) is 0 Å². The fourth-order valence-electron chi connectivity index (χ4n) is 1.67. The molecule has 0 atom stereocenters. The molecule has 0 aliphatic carbocycles. The normalized spacial score (nSPS) is 10.8. The summed E-state index contributed by atoms with van der Waals surface area (Å²) >= 11 is 10.9. The molecule has 0 heterocycles. The third-order valence-electron chi connectivity index (χ3n) is 2.69. The second-order valence-corrected chi connectivity index (χ2v) is 6.71. The highest BCUT2D eigenvalue weighted by molar-refractivity contribution is 9.10. The van der Waals surface area contributed by atoms with Crippen LogP contribution in [0.15, 0.2) is 58.1 Å². The van der Waals surface area contributed by atoms with Crippen LogP contribution in [0.25, 0.3) is 0 Å². The van der Waals surface area contributed by atoms with E-state index >= 15 is 0 Å². The zero-order chi connectivity index (χ0) is 15.8. The van der Waals surface area contributed by atoms with Crippen molar-refractivity contribution in [2.45, 2.75) is 5.75 Å². The van der Waals surface area contributed by atoms with Crippen LogP contribution < -0.4 is 5.43 Å². The van der Waals surface area contributed by atoms with Crippen LogP contribution in [-0.4, -0.2) is 17.9 Å². The molecule has 0 aliphatic rings. The summed E-state index contributed by atoms with van der Waals surface area (Å²) in [6.07, 6.45) is 1.61. The number of hydrogen-bond donors (Lipinski definition) is 1. The topological polar surface area (TPSA) is 41.5 Å². The zero-order valence-corrected chi connectivity index (χ0v) is 14.8. The number of rotatable bonds is 6. The second kappa shape index (κ2) is 8.98. The molecule has 0 spiro atoms. The van der Waals surface area contributed by atoms with Gasteiger partial charge >= 0.3 is 0 Å². The summed E-state index contributed by atoms with van der Waals surface area (Å²) in [5, 5.41) is 4.66. The lowest BCUT2D eigenvalue weighted by atomic mass is 10.2. The van der Waals surface area contributed by atoms with Gasteiger partial charge in [0.25, 0.3) is 0 Å². The lowest BCUT2D eigenvalue weighted by molar-refractivity contribution is -0.118. The number of benzene rings is 2. The summed E-state index contributed by atoms with van der Waals surface area (Å²) in [5.41, 5.74) is 4.53. The number of hydrazone groups is 1. The Labute approximate surface area is 147 Å². The van der Waals surface area contributed by atoms with Crippen LogP contribution in [0.5, 0.6) is 0 Å². The molecular weight excluding hydrogens is 384 g/mol. The predicted octanol–water partition coefficient (Wildman–Crippen LogP) is 4.49. The molecule has 114 valence electrons. The Kier molecular flexibility index (Phi) is 6.96. The lowest BCUT2D eigenvalue weighted by Gasteiger charge is -2.02. The van der Waals surface area contributed by atoms with Crippen molar-refractivity contribution in [3.8, 4) is 0 Å². The first-order valence-corrected chi connectivity index (χ1v) is 8.86. The molecule has 1 N–H and O–H groups in total. The maximum Gasteiger partial charge on any atom is 0.250 e. The van der Waals surface area contributed by atoms with Crippen LogP contribution in [0.4, 0.5) is 0 Å². The molecule has 3 nitrogen and oxygen atoms in total. The highest BCUT2D eigenvalue weighted by Crippen LogP contribution is 2.16. The highest BCUT2D eigenvalue weighted by atomic mass is 79.9. The van der Waals surface area contributed by atoms with Gasteiger partial charge in [0.15, 0.2) is 0 Å². The number of nitrogens with zero attached hydrogens (tertiary/aromatic N) is 1. The first-order chi connectivity index (χ1) is 10.6. The van der Waals surface area contributed by atoms with E-state index in [0.717, 1.165) is 21.4 Å². The summed E-state index contributed by atoms with van der Waals surface area (Å²) in [7, 11) is 0. The highest BCUT2D eigenvalue weighted by Gasteiger charge is 2.01. The van der Waals surface area contributed by atoms with Gasteiger partial charge in [-0.1, -0.05) is 57.9 Å². The third kappa shape index (κ3) is 5.83. The quantitative estimate of drug-likeness (QED) is 0.576. The summed E-state index contributed by atoms with van der Waals surface area (Å²) in [5.74, 6) is 0.956. The molecule has 0 aromatic heterocycles. The fourth-order valence-corrected chi connectivity index (χ4v) is 3.04. The largest absolute Gasteiger partial charge is 0.272 e. The molecule has 0 bridgehead atoms. The minimum Gasteiger partial charge on any atom is -0.272 e. The summed E-state index contributed by atoms with van der Waals surface area (Å²) < 4.78 is 0.934. The molecule has 2 rings (SSSR count). The maximum absolute atomic E-state index is 11.7. The van der Waals surface area contributed by atoms with E-state index in [1.807, 2.05) is 48.5 Å². The molecule has 0 saturated carbocycles. The Morgan fingerprint density at radius 3 is 2.86 bits per heavy atom. The monoisotopic (exact) mass is 396 g/mol. The zero-order valence-electron chi connectivity index (χ0n) is 11.6. The SMILES string of the molecule is O=C(CSCc1cccc(Cl)c1)N/N=C/c1ccccc1Br. The molecule has 22 heavy (non-hydrogen) atoms. The smallest absolute Gasteiger partial charge is 0.250 e.